The first kappa shape index (κ1) is 15.9. The maximum absolute atomic E-state index is 11.4. The van der Waals surface area contributed by atoms with Gasteiger partial charge in [-0.2, -0.15) is 0 Å². The molecule has 22 heavy (non-hydrogen) atoms. The Bertz CT molecular complexity index is 644. The number of carbonyl (C=O) groups is 1. The molecular weight excluding hydrogens is 280 g/mol. The predicted molar refractivity (Wildman–Crippen MR) is 84.5 cm³/mol. The van der Waals surface area contributed by atoms with Crippen LogP contribution in [0.5, 0.6) is 0 Å². The highest BCUT2D eigenvalue weighted by molar-refractivity contribution is 5.77. The van der Waals surface area contributed by atoms with Crippen molar-refractivity contribution in [1.82, 2.24) is 15.0 Å². The number of carboxylic acids is 1. The molecule has 0 aliphatic heterocycles. The largest absolute Gasteiger partial charge is 0.480 e. The molecule has 0 aliphatic rings. The number of nitrogens with zero attached hydrogens (tertiary/aromatic N) is 3. The van der Waals surface area contributed by atoms with Gasteiger partial charge < -0.3 is 10.4 Å². The fourth-order valence-electron chi connectivity index (χ4n) is 2.14. The lowest BCUT2D eigenvalue weighted by Gasteiger charge is -2.17. The summed E-state index contributed by atoms with van der Waals surface area (Å²) >= 11 is 0. The van der Waals surface area contributed by atoms with E-state index in [0.717, 1.165) is 11.3 Å². The van der Waals surface area contributed by atoms with Gasteiger partial charge in [0.05, 0.1) is 0 Å². The van der Waals surface area contributed by atoms with Crippen molar-refractivity contribution in [2.45, 2.75) is 33.2 Å². The van der Waals surface area contributed by atoms with E-state index in [9.17, 15) is 9.90 Å². The third kappa shape index (κ3) is 4.25. The first-order valence-electron chi connectivity index (χ1n) is 7.21. The average molecular weight is 300 g/mol. The zero-order chi connectivity index (χ0) is 16.1. The van der Waals surface area contributed by atoms with Gasteiger partial charge in [-0.25, -0.2) is 14.8 Å². The van der Waals surface area contributed by atoms with Crippen LogP contribution in [-0.2, 0) is 4.79 Å². The van der Waals surface area contributed by atoms with Crippen molar-refractivity contribution in [1.29, 1.82) is 0 Å². The summed E-state index contributed by atoms with van der Waals surface area (Å²) in [5.74, 6) is 0.436. The predicted octanol–water partition coefficient (Wildman–Crippen LogP) is 2.76. The number of pyridine rings is 1. The molecule has 6 heteroatoms. The number of anilines is 1. The van der Waals surface area contributed by atoms with E-state index in [4.69, 9.17) is 0 Å². The van der Waals surface area contributed by atoms with Crippen molar-refractivity contribution in [3.8, 4) is 11.4 Å². The second-order valence-electron chi connectivity index (χ2n) is 5.62. The Morgan fingerprint density at radius 3 is 2.73 bits per heavy atom. The lowest BCUT2D eigenvalue weighted by Crippen LogP contribution is -2.31. The van der Waals surface area contributed by atoms with Crippen molar-refractivity contribution in [3.63, 3.8) is 0 Å². The van der Waals surface area contributed by atoms with E-state index < -0.39 is 12.0 Å². The highest BCUT2D eigenvalue weighted by atomic mass is 16.4. The van der Waals surface area contributed by atoms with Gasteiger partial charge in [-0.15, -0.1) is 0 Å². The third-order valence-corrected chi connectivity index (χ3v) is 3.10. The Balaban J connectivity index is 2.28. The first-order chi connectivity index (χ1) is 10.5. The second-order valence-corrected chi connectivity index (χ2v) is 5.62. The molecule has 0 amide bonds. The molecule has 0 fully saturated rings. The van der Waals surface area contributed by atoms with Crippen LogP contribution in [-0.4, -0.2) is 32.1 Å². The maximum Gasteiger partial charge on any atom is 0.326 e. The monoisotopic (exact) mass is 300 g/mol. The van der Waals surface area contributed by atoms with Crippen molar-refractivity contribution >= 4 is 11.8 Å². The number of rotatable bonds is 6. The number of aryl methyl sites for hydroxylation is 1. The Labute approximate surface area is 129 Å². The van der Waals surface area contributed by atoms with Gasteiger partial charge >= 0.3 is 5.97 Å². The normalized spacial score (nSPS) is 12.2. The molecule has 0 aromatic carbocycles. The van der Waals surface area contributed by atoms with E-state index in [2.05, 4.69) is 20.3 Å². The first-order valence-corrected chi connectivity index (χ1v) is 7.21. The van der Waals surface area contributed by atoms with Gasteiger partial charge in [0.2, 0.25) is 0 Å². The van der Waals surface area contributed by atoms with Crippen molar-refractivity contribution < 1.29 is 9.90 Å². The summed E-state index contributed by atoms with van der Waals surface area (Å²) in [5.41, 5.74) is 1.56. The van der Waals surface area contributed by atoms with Gasteiger partial charge in [0.25, 0.3) is 0 Å². The molecule has 2 heterocycles. The minimum Gasteiger partial charge on any atom is -0.480 e. The second kappa shape index (κ2) is 6.98. The molecule has 1 atom stereocenters. The maximum atomic E-state index is 11.4. The smallest absolute Gasteiger partial charge is 0.326 e. The summed E-state index contributed by atoms with van der Waals surface area (Å²) in [5, 5.41) is 12.3. The Hall–Kier alpha value is -2.50. The van der Waals surface area contributed by atoms with Crippen LogP contribution in [0.25, 0.3) is 11.4 Å². The fraction of sp³-hybridized carbons (Fsp3) is 0.375. The SMILES string of the molecule is Cc1cc(N[C@@H](CC(C)C)C(=O)O)nc(-c2cccnc2)n1. The van der Waals surface area contributed by atoms with Crippen molar-refractivity contribution in [3.05, 3.63) is 36.3 Å². The number of aliphatic carboxylic acids is 1. The van der Waals surface area contributed by atoms with E-state index in [-0.39, 0.29) is 5.92 Å². The summed E-state index contributed by atoms with van der Waals surface area (Å²) in [6.45, 7) is 5.83. The Kier molecular flexibility index (Phi) is 5.04. The van der Waals surface area contributed by atoms with Crippen LogP contribution in [0, 0.1) is 12.8 Å². The number of aromatic nitrogens is 3. The zero-order valence-corrected chi connectivity index (χ0v) is 12.9. The molecule has 0 spiro atoms. The summed E-state index contributed by atoms with van der Waals surface area (Å²) in [6.07, 6.45) is 3.89. The number of hydrogen-bond donors (Lipinski definition) is 2. The van der Waals surface area contributed by atoms with E-state index in [1.54, 1.807) is 18.5 Å². The minimum absolute atomic E-state index is 0.273. The summed E-state index contributed by atoms with van der Waals surface area (Å²) in [6, 6.07) is 4.76. The van der Waals surface area contributed by atoms with Gasteiger partial charge in [0, 0.05) is 29.7 Å². The molecule has 0 radical (unpaired) electrons. The highest BCUT2D eigenvalue weighted by Crippen LogP contribution is 2.18. The van der Waals surface area contributed by atoms with Crippen LogP contribution in [0.15, 0.2) is 30.6 Å². The number of nitrogens with one attached hydrogen (secondary N) is 1. The Morgan fingerprint density at radius 1 is 1.36 bits per heavy atom. The molecule has 116 valence electrons. The summed E-state index contributed by atoms with van der Waals surface area (Å²) in [7, 11) is 0. The summed E-state index contributed by atoms with van der Waals surface area (Å²) < 4.78 is 0. The molecular formula is C16H20N4O2. The molecule has 2 rings (SSSR count). The van der Waals surface area contributed by atoms with Crippen LogP contribution in [0.3, 0.4) is 0 Å². The van der Waals surface area contributed by atoms with E-state index in [1.807, 2.05) is 32.9 Å². The van der Waals surface area contributed by atoms with Crippen LogP contribution in [0.1, 0.15) is 26.0 Å². The topological polar surface area (TPSA) is 88.0 Å². The van der Waals surface area contributed by atoms with E-state index >= 15 is 0 Å². The van der Waals surface area contributed by atoms with Crippen LogP contribution in [0.4, 0.5) is 5.82 Å². The highest BCUT2D eigenvalue weighted by Gasteiger charge is 2.19. The third-order valence-electron chi connectivity index (χ3n) is 3.10. The molecule has 0 bridgehead atoms. The van der Waals surface area contributed by atoms with Gasteiger partial charge in [-0.1, -0.05) is 13.8 Å². The zero-order valence-electron chi connectivity index (χ0n) is 12.9. The van der Waals surface area contributed by atoms with Crippen LogP contribution < -0.4 is 5.32 Å². The van der Waals surface area contributed by atoms with Gasteiger partial charge in [-0.05, 0) is 31.4 Å². The van der Waals surface area contributed by atoms with Gasteiger partial charge in [0.15, 0.2) is 5.82 Å². The fourth-order valence-corrected chi connectivity index (χ4v) is 2.14. The quantitative estimate of drug-likeness (QED) is 0.853. The average Bonchev–Trinajstić information content (AvgIpc) is 2.46. The van der Waals surface area contributed by atoms with Crippen molar-refractivity contribution in [2.75, 3.05) is 5.32 Å². The number of carboxylic acid groups (broad SMARTS) is 1. The number of hydrogen-bond acceptors (Lipinski definition) is 5. The molecule has 0 saturated carbocycles. The van der Waals surface area contributed by atoms with Crippen LogP contribution >= 0.6 is 0 Å². The molecule has 0 saturated heterocycles. The molecule has 6 nitrogen and oxygen atoms in total. The Morgan fingerprint density at radius 2 is 2.14 bits per heavy atom. The lowest BCUT2D eigenvalue weighted by atomic mass is 10.0. The van der Waals surface area contributed by atoms with Gasteiger partial charge in [0.1, 0.15) is 11.9 Å². The molecule has 2 aromatic rings. The van der Waals surface area contributed by atoms with Crippen molar-refractivity contribution in [2.24, 2.45) is 5.92 Å². The van der Waals surface area contributed by atoms with E-state index in [0.29, 0.717) is 18.1 Å². The molecule has 0 unspecified atom stereocenters. The molecule has 2 aromatic heterocycles. The van der Waals surface area contributed by atoms with Gasteiger partial charge in [-0.3, -0.25) is 4.98 Å². The minimum atomic E-state index is -0.882. The summed E-state index contributed by atoms with van der Waals surface area (Å²) in [4.78, 5) is 24.2. The standard InChI is InChI=1S/C16H20N4O2/c1-10(2)7-13(16(21)22)19-14-8-11(3)18-15(20-14)12-5-4-6-17-9-12/h4-6,8-10,13H,7H2,1-3H3,(H,21,22)(H,18,19,20)/t13-/m0/s1. The lowest BCUT2D eigenvalue weighted by molar-refractivity contribution is -0.138. The van der Waals surface area contributed by atoms with Crippen LogP contribution in [0.2, 0.25) is 0 Å². The molecule has 0 aliphatic carbocycles. The molecule has 2 N–H and O–H groups in total. The van der Waals surface area contributed by atoms with E-state index in [1.165, 1.54) is 0 Å².